The van der Waals surface area contributed by atoms with Gasteiger partial charge in [-0.15, -0.1) is 23.7 Å². The van der Waals surface area contributed by atoms with Gasteiger partial charge in [-0.1, -0.05) is 0 Å². The number of hydrogen-bond acceptors (Lipinski definition) is 3. The minimum atomic E-state index is 0. The van der Waals surface area contributed by atoms with Gasteiger partial charge in [0.1, 0.15) is 0 Å². The number of piperidine rings is 1. The van der Waals surface area contributed by atoms with E-state index in [9.17, 15) is 4.79 Å². The number of aryl methyl sites for hydroxylation is 1. The Hall–Kier alpha value is -0.580. The highest BCUT2D eigenvalue weighted by Gasteiger charge is 2.34. The van der Waals surface area contributed by atoms with Crippen LogP contribution in [-0.4, -0.2) is 24.0 Å². The van der Waals surface area contributed by atoms with Crippen molar-refractivity contribution >= 4 is 29.7 Å². The van der Waals surface area contributed by atoms with E-state index >= 15 is 0 Å². The molecule has 22 heavy (non-hydrogen) atoms. The Balaban J connectivity index is 0.00000176. The quantitative estimate of drug-likeness (QED) is 0.860. The van der Waals surface area contributed by atoms with E-state index in [4.69, 9.17) is 0 Å². The van der Waals surface area contributed by atoms with Crippen molar-refractivity contribution in [1.29, 1.82) is 0 Å². The summed E-state index contributed by atoms with van der Waals surface area (Å²) in [6.45, 7) is 4.24. The topological polar surface area (TPSA) is 41.1 Å². The summed E-state index contributed by atoms with van der Waals surface area (Å²) < 4.78 is 0. The number of nitrogens with one attached hydrogen (secondary N) is 2. The zero-order valence-electron chi connectivity index (χ0n) is 13.4. The lowest BCUT2D eigenvalue weighted by Gasteiger charge is -2.29. The highest BCUT2D eigenvalue weighted by Crippen LogP contribution is 2.32. The average Bonchev–Trinajstić information content (AvgIpc) is 2.95. The SMILES string of the molecule is Cc1ccc(CC(C)NC(=O)CC2CC3CCC(C2)N3)s1.Cl. The Morgan fingerprint density at radius 1 is 1.36 bits per heavy atom. The summed E-state index contributed by atoms with van der Waals surface area (Å²) in [5, 5.41) is 6.82. The standard InChI is InChI=1S/C17H26N2OS.ClH/c1-11(7-16-6-3-12(2)21-16)18-17(20)10-13-8-14-4-5-15(9-13)19-14;/h3,6,11,13-15,19H,4-5,7-10H2,1-2H3,(H,18,20);1H. The fourth-order valence-corrected chi connectivity index (χ4v) is 4.90. The molecule has 2 aliphatic heterocycles. The molecule has 2 N–H and O–H groups in total. The van der Waals surface area contributed by atoms with Gasteiger partial charge in [0.2, 0.25) is 5.91 Å². The molecule has 0 spiro atoms. The monoisotopic (exact) mass is 342 g/mol. The molecule has 1 aromatic rings. The number of amides is 1. The molecule has 3 atom stereocenters. The van der Waals surface area contributed by atoms with Crippen LogP contribution in [0, 0.1) is 12.8 Å². The van der Waals surface area contributed by atoms with Gasteiger partial charge in [0, 0.05) is 40.7 Å². The summed E-state index contributed by atoms with van der Waals surface area (Å²) in [6, 6.07) is 5.90. The molecule has 0 aromatic carbocycles. The van der Waals surface area contributed by atoms with E-state index < -0.39 is 0 Å². The van der Waals surface area contributed by atoms with Crippen LogP contribution in [0.2, 0.25) is 0 Å². The number of halogens is 1. The molecule has 0 aliphatic carbocycles. The number of fused-ring (bicyclic) bond motifs is 2. The van der Waals surface area contributed by atoms with E-state index in [0.717, 1.165) is 6.42 Å². The number of carbonyl (C=O) groups excluding carboxylic acids is 1. The number of carbonyl (C=O) groups is 1. The van der Waals surface area contributed by atoms with Crippen molar-refractivity contribution in [2.24, 2.45) is 5.92 Å². The van der Waals surface area contributed by atoms with Crippen molar-refractivity contribution in [3.63, 3.8) is 0 Å². The molecular formula is C17H27ClN2OS. The van der Waals surface area contributed by atoms with Crippen molar-refractivity contribution in [2.75, 3.05) is 0 Å². The number of thiophene rings is 1. The second-order valence-electron chi connectivity index (χ2n) is 6.86. The third-order valence-electron chi connectivity index (χ3n) is 4.76. The molecule has 124 valence electrons. The van der Waals surface area contributed by atoms with E-state index in [2.05, 4.69) is 36.6 Å². The molecular weight excluding hydrogens is 316 g/mol. The normalized spacial score (nSPS) is 28.0. The molecule has 2 saturated heterocycles. The predicted octanol–water partition coefficient (Wildman–Crippen LogP) is 3.45. The first-order chi connectivity index (χ1) is 10.1. The van der Waals surface area contributed by atoms with Crippen molar-refractivity contribution in [2.45, 2.75) is 70.5 Å². The number of rotatable bonds is 5. The summed E-state index contributed by atoms with van der Waals surface area (Å²) in [5.41, 5.74) is 0. The maximum atomic E-state index is 12.2. The van der Waals surface area contributed by atoms with Crippen molar-refractivity contribution in [3.8, 4) is 0 Å². The molecule has 1 amide bonds. The Morgan fingerprint density at radius 3 is 2.64 bits per heavy atom. The molecule has 1 aromatic heterocycles. The van der Waals surface area contributed by atoms with Gasteiger partial charge in [0.25, 0.3) is 0 Å². The lowest BCUT2D eigenvalue weighted by molar-refractivity contribution is -0.122. The average molecular weight is 343 g/mol. The van der Waals surface area contributed by atoms with Crippen LogP contribution in [0.4, 0.5) is 0 Å². The molecule has 3 nitrogen and oxygen atoms in total. The van der Waals surface area contributed by atoms with Gasteiger partial charge in [-0.25, -0.2) is 0 Å². The van der Waals surface area contributed by atoms with Gasteiger partial charge < -0.3 is 10.6 Å². The van der Waals surface area contributed by atoms with Gasteiger partial charge >= 0.3 is 0 Å². The van der Waals surface area contributed by atoms with Gasteiger partial charge in [0.15, 0.2) is 0 Å². The number of hydrogen-bond donors (Lipinski definition) is 2. The first-order valence-corrected chi connectivity index (χ1v) is 9.01. The minimum absolute atomic E-state index is 0. The van der Waals surface area contributed by atoms with Gasteiger partial charge in [-0.05, 0) is 57.6 Å². The molecule has 5 heteroatoms. The van der Waals surface area contributed by atoms with Crippen molar-refractivity contribution in [3.05, 3.63) is 21.9 Å². The molecule has 2 fully saturated rings. The smallest absolute Gasteiger partial charge is 0.220 e. The molecule has 3 rings (SSSR count). The summed E-state index contributed by atoms with van der Waals surface area (Å²) in [5.74, 6) is 0.821. The molecule has 2 bridgehead atoms. The largest absolute Gasteiger partial charge is 0.353 e. The molecule has 2 aliphatic rings. The van der Waals surface area contributed by atoms with Crippen LogP contribution in [0.3, 0.4) is 0 Å². The summed E-state index contributed by atoms with van der Waals surface area (Å²) in [7, 11) is 0. The van der Waals surface area contributed by atoms with Gasteiger partial charge in [-0.2, -0.15) is 0 Å². The zero-order valence-corrected chi connectivity index (χ0v) is 15.1. The third kappa shape index (κ3) is 4.71. The van der Waals surface area contributed by atoms with Crippen LogP contribution in [0.1, 0.15) is 48.8 Å². The van der Waals surface area contributed by atoms with Crippen LogP contribution in [0.25, 0.3) is 0 Å². The van der Waals surface area contributed by atoms with Crippen LogP contribution in [-0.2, 0) is 11.2 Å². The third-order valence-corrected chi connectivity index (χ3v) is 5.78. The van der Waals surface area contributed by atoms with E-state index in [-0.39, 0.29) is 24.4 Å². The van der Waals surface area contributed by atoms with Crippen LogP contribution >= 0.6 is 23.7 Å². The summed E-state index contributed by atoms with van der Waals surface area (Å²) in [4.78, 5) is 14.9. The first-order valence-electron chi connectivity index (χ1n) is 8.19. The Bertz CT molecular complexity index is 493. The summed E-state index contributed by atoms with van der Waals surface area (Å²) in [6.07, 6.45) is 6.63. The van der Waals surface area contributed by atoms with Crippen molar-refractivity contribution < 1.29 is 4.79 Å². The van der Waals surface area contributed by atoms with E-state index in [0.29, 0.717) is 24.4 Å². The maximum Gasteiger partial charge on any atom is 0.220 e. The second-order valence-corrected chi connectivity index (χ2v) is 8.24. The van der Waals surface area contributed by atoms with Crippen LogP contribution < -0.4 is 10.6 Å². The second kappa shape index (κ2) is 7.80. The van der Waals surface area contributed by atoms with Crippen LogP contribution in [0.15, 0.2) is 12.1 Å². The molecule has 3 unspecified atom stereocenters. The molecule has 0 saturated carbocycles. The lowest BCUT2D eigenvalue weighted by Crippen LogP contribution is -2.41. The molecule has 0 radical (unpaired) electrons. The van der Waals surface area contributed by atoms with Gasteiger partial charge in [0.05, 0.1) is 0 Å². The summed E-state index contributed by atoms with van der Waals surface area (Å²) >= 11 is 1.83. The highest BCUT2D eigenvalue weighted by molar-refractivity contribution is 7.11. The van der Waals surface area contributed by atoms with Crippen molar-refractivity contribution in [1.82, 2.24) is 10.6 Å². The Morgan fingerprint density at radius 2 is 2.05 bits per heavy atom. The zero-order chi connectivity index (χ0) is 14.8. The predicted molar refractivity (Wildman–Crippen MR) is 94.9 cm³/mol. The Labute approximate surface area is 143 Å². The maximum absolute atomic E-state index is 12.2. The van der Waals surface area contributed by atoms with E-state index in [1.807, 2.05) is 11.3 Å². The van der Waals surface area contributed by atoms with E-state index in [1.165, 1.54) is 35.4 Å². The van der Waals surface area contributed by atoms with Crippen LogP contribution in [0.5, 0.6) is 0 Å². The minimum Gasteiger partial charge on any atom is -0.353 e. The lowest BCUT2D eigenvalue weighted by atomic mass is 9.89. The fourth-order valence-electron chi connectivity index (χ4n) is 3.89. The fraction of sp³-hybridized carbons (Fsp3) is 0.706. The molecule has 3 heterocycles. The Kier molecular flexibility index (Phi) is 6.30. The van der Waals surface area contributed by atoms with Gasteiger partial charge in [-0.3, -0.25) is 4.79 Å². The van der Waals surface area contributed by atoms with E-state index in [1.54, 1.807) is 0 Å². The highest BCUT2D eigenvalue weighted by atomic mass is 35.5. The first kappa shape index (κ1) is 17.8.